The standard InChI is InChI=1S/C23H22ClF4N5O3S/c1-22(2)10-37(35,11-22)33-14-6-15(24)20-17(7-14)30-12-31-21(20)32-16-4-3-13(25)5-18(16)36-8-19(34)29-9-23(26,27)28/h3-7,12H,8-11H2,1-2H3,(H,29,34)(H,30,31,32). The second-order valence-corrected chi connectivity index (χ2v) is 12.0. The van der Waals surface area contributed by atoms with E-state index in [1.807, 2.05) is 13.8 Å². The number of halogens is 5. The zero-order valence-electron chi connectivity index (χ0n) is 19.7. The Kier molecular flexibility index (Phi) is 7.21. The highest BCUT2D eigenvalue weighted by atomic mass is 35.5. The minimum Gasteiger partial charge on any atom is -0.481 e. The maximum Gasteiger partial charge on any atom is 0.405 e. The number of carbonyl (C=O) groups excluding carboxylic acids is 1. The summed E-state index contributed by atoms with van der Waals surface area (Å²) in [5, 5.41) is 5.22. The fourth-order valence-electron chi connectivity index (χ4n) is 3.95. The van der Waals surface area contributed by atoms with Gasteiger partial charge in [-0.1, -0.05) is 25.4 Å². The number of amides is 1. The van der Waals surface area contributed by atoms with E-state index in [1.54, 1.807) is 17.4 Å². The molecule has 0 radical (unpaired) electrons. The van der Waals surface area contributed by atoms with Crippen LogP contribution in [0.15, 0.2) is 41.0 Å². The Morgan fingerprint density at radius 1 is 1.22 bits per heavy atom. The number of nitrogens with zero attached hydrogens (tertiary/aromatic N) is 3. The number of benzene rings is 2. The molecule has 1 aliphatic rings. The number of anilines is 2. The zero-order valence-corrected chi connectivity index (χ0v) is 21.2. The van der Waals surface area contributed by atoms with E-state index in [1.165, 1.54) is 12.4 Å². The topological polar surface area (TPSA) is 106 Å². The van der Waals surface area contributed by atoms with Crippen LogP contribution in [-0.2, 0) is 14.5 Å². The summed E-state index contributed by atoms with van der Waals surface area (Å²) in [5.74, 6) is -0.690. The Hall–Kier alpha value is -3.19. The molecule has 1 aromatic heterocycles. The number of hydrogen-bond donors (Lipinski definition) is 2. The predicted molar refractivity (Wildman–Crippen MR) is 133 cm³/mol. The minimum absolute atomic E-state index is 0.0333. The van der Waals surface area contributed by atoms with Crippen LogP contribution in [0.5, 0.6) is 5.75 Å². The number of hydrogen-bond acceptors (Lipinski definition) is 7. The molecule has 0 unspecified atom stereocenters. The Morgan fingerprint density at radius 3 is 2.62 bits per heavy atom. The third kappa shape index (κ3) is 6.77. The van der Waals surface area contributed by atoms with Gasteiger partial charge < -0.3 is 15.4 Å². The van der Waals surface area contributed by atoms with Crippen LogP contribution in [0.25, 0.3) is 10.9 Å². The van der Waals surface area contributed by atoms with E-state index in [-0.39, 0.29) is 27.7 Å². The summed E-state index contributed by atoms with van der Waals surface area (Å²) in [7, 11) is -2.37. The van der Waals surface area contributed by atoms with E-state index in [0.717, 1.165) is 12.1 Å². The van der Waals surface area contributed by atoms with Crippen LogP contribution in [0, 0.1) is 11.2 Å². The lowest BCUT2D eigenvalue weighted by Gasteiger charge is -2.37. The molecule has 2 heterocycles. The van der Waals surface area contributed by atoms with E-state index in [2.05, 4.69) is 19.6 Å². The molecule has 1 amide bonds. The molecule has 37 heavy (non-hydrogen) atoms. The number of ether oxygens (including phenoxy) is 1. The highest BCUT2D eigenvalue weighted by Gasteiger charge is 2.38. The molecule has 1 fully saturated rings. The van der Waals surface area contributed by atoms with Gasteiger partial charge in [-0.05, 0) is 29.7 Å². The monoisotopic (exact) mass is 559 g/mol. The first kappa shape index (κ1) is 26.9. The Labute approximate surface area is 215 Å². The average molecular weight is 560 g/mol. The molecule has 0 atom stereocenters. The van der Waals surface area contributed by atoms with Gasteiger partial charge in [0.15, 0.2) is 6.61 Å². The third-order valence-electron chi connectivity index (χ3n) is 5.22. The molecule has 0 saturated carbocycles. The summed E-state index contributed by atoms with van der Waals surface area (Å²) in [4.78, 5) is 20.1. The molecule has 1 saturated heterocycles. The summed E-state index contributed by atoms with van der Waals surface area (Å²) < 4.78 is 73.3. The molecule has 4 rings (SSSR count). The SMILES string of the molecule is CC1(C)CS(=O)(=Nc2cc(Cl)c3c(Nc4ccc(F)cc4OCC(=O)NCC(F)(F)F)ncnc3c2)C1. The van der Waals surface area contributed by atoms with Crippen molar-refractivity contribution in [3.63, 3.8) is 0 Å². The van der Waals surface area contributed by atoms with Gasteiger partial charge in [-0.2, -0.15) is 17.5 Å². The highest BCUT2D eigenvalue weighted by Crippen LogP contribution is 2.39. The summed E-state index contributed by atoms with van der Waals surface area (Å²) in [6.45, 7) is 1.75. The summed E-state index contributed by atoms with van der Waals surface area (Å²) in [6.07, 6.45) is -3.32. The van der Waals surface area contributed by atoms with Gasteiger partial charge in [0, 0.05) is 17.6 Å². The van der Waals surface area contributed by atoms with Crippen LogP contribution in [0.1, 0.15) is 13.8 Å². The second-order valence-electron chi connectivity index (χ2n) is 9.31. The van der Waals surface area contributed by atoms with E-state index in [0.29, 0.717) is 28.1 Å². The molecule has 2 aromatic carbocycles. The number of alkyl halides is 3. The minimum atomic E-state index is -4.58. The number of aromatic nitrogens is 2. The van der Waals surface area contributed by atoms with Crippen molar-refractivity contribution in [1.29, 1.82) is 0 Å². The first-order valence-corrected chi connectivity index (χ1v) is 13.1. The van der Waals surface area contributed by atoms with Crippen molar-refractivity contribution in [1.82, 2.24) is 15.3 Å². The normalized spacial score (nSPS) is 16.1. The van der Waals surface area contributed by atoms with Gasteiger partial charge in [0.25, 0.3) is 5.91 Å². The Bertz CT molecular complexity index is 1480. The van der Waals surface area contributed by atoms with Crippen molar-refractivity contribution in [2.24, 2.45) is 9.78 Å². The molecule has 0 aliphatic carbocycles. The molecule has 0 bridgehead atoms. The molecule has 3 aromatic rings. The maximum absolute atomic E-state index is 13.9. The van der Waals surface area contributed by atoms with Crippen LogP contribution in [0.4, 0.5) is 34.8 Å². The van der Waals surface area contributed by atoms with Gasteiger partial charge in [0.1, 0.15) is 30.3 Å². The van der Waals surface area contributed by atoms with E-state index < -0.39 is 40.8 Å². The number of rotatable bonds is 7. The van der Waals surface area contributed by atoms with E-state index >= 15 is 0 Å². The highest BCUT2D eigenvalue weighted by molar-refractivity contribution is 7.95. The molecular formula is C23H22ClF4N5O3S. The summed E-state index contributed by atoms with van der Waals surface area (Å²) in [5.41, 5.74) is 0.961. The summed E-state index contributed by atoms with van der Waals surface area (Å²) in [6, 6.07) is 6.57. The van der Waals surface area contributed by atoms with E-state index in [4.69, 9.17) is 16.3 Å². The quantitative estimate of drug-likeness (QED) is 0.377. The van der Waals surface area contributed by atoms with Crippen LogP contribution < -0.4 is 15.4 Å². The fourth-order valence-corrected chi connectivity index (χ4v) is 7.22. The first-order chi connectivity index (χ1) is 17.2. The van der Waals surface area contributed by atoms with Crippen LogP contribution in [0.3, 0.4) is 0 Å². The van der Waals surface area contributed by atoms with Crippen molar-refractivity contribution in [2.45, 2.75) is 20.0 Å². The number of fused-ring (bicyclic) bond motifs is 1. The number of carbonyl (C=O) groups is 1. The van der Waals surface area contributed by atoms with Gasteiger partial charge in [-0.25, -0.2) is 18.6 Å². The lowest BCUT2D eigenvalue weighted by molar-refractivity contribution is -0.139. The second kappa shape index (κ2) is 9.93. The van der Waals surface area contributed by atoms with Gasteiger partial charge in [0.2, 0.25) is 0 Å². The van der Waals surface area contributed by atoms with E-state index in [9.17, 15) is 26.6 Å². The Balaban J connectivity index is 1.58. The largest absolute Gasteiger partial charge is 0.481 e. The number of nitrogens with one attached hydrogen (secondary N) is 2. The Morgan fingerprint density at radius 2 is 1.95 bits per heavy atom. The zero-order chi connectivity index (χ0) is 27.0. The molecular weight excluding hydrogens is 538 g/mol. The van der Waals surface area contributed by atoms with Crippen LogP contribution in [0.2, 0.25) is 5.02 Å². The van der Waals surface area contributed by atoms with Crippen LogP contribution >= 0.6 is 11.6 Å². The van der Waals surface area contributed by atoms with Crippen molar-refractivity contribution in [2.75, 3.05) is 30.0 Å². The molecule has 198 valence electrons. The van der Waals surface area contributed by atoms with Crippen molar-refractivity contribution < 1.29 is 31.3 Å². The van der Waals surface area contributed by atoms with Gasteiger partial charge in [-0.15, -0.1) is 0 Å². The molecule has 1 aliphatic heterocycles. The van der Waals surface area contributed by atoms with Gasteiger partial charge >= 0.3 is 6.18 Å². The van der Waals surface area contributed by atoms with Gasteiger partial charge in [0.05, 0.1) is 37.0 Å². The average Bonchev–Trinajstić information content (AvgIpc) is 2.75. The smallest absolute Gasteiger partial charge is 0.405 e. The van der Waals surface area contributed by atoms with Gasteiger partial charge in [-0.3, -0.25) is 4.79 Å². The molecule has 14 heteroatoms. The lowest BCUT2D eigenvalue weighted by atomic mass is 9.99. The fraction of sp³-hybridized carbons (Fsp3) is 0.348. The molecule has 0 spiro atoms. The van der Waals surface area contributed by atoms with Crippen molar-refractivity contribution in [3.05, 3.63) is 47.5 Å². The summed E-state index contributed by atoms with van der Waals surface area (Å²) >= 11 is 6.51. The molecule has 8 nitrogen and oxygen atoms in total. The first-order valence-electron chi connectivity index (χ1n) is 10.9. The maximum atomic E-state index is 13.9. The lowest BCUT2D eigenvalue weighted by Crippen LogP contribution is -2.43. The molecule has 2 N–H and O–H groups in total. The third-order valence-corrected chi connectivity index (χ3v) is 8.53. The van der Waals surface area contributed by atoms with Crippen LogP contribution in [-0.4, -0.2) is 50.9 Å². The predicted octanol–water partition coefficient (Wildman–Crippen LogP) is 5.36. The van der Waals surface area contributed by atoms with Crippen molar-refractivity contribution >= 4 is 55.3 Å². The van der Waals surface area contributed by atoms with Crippen molar-refractivity contribution in [3.8, 4) is 5.75 Å².